The average Bonchev–Trinajstić information content (AvgIpc) is 3.11. The molecule has 1 fully saturated rings. The Balaban J connectivity index is 1.65. The monoisotopic (exact) mass is 295 g/mol. The van der Waals surface area contributed by atoms with E-state index in [-0.39, 0.29) is 5.41 Å². The van der Waals surface area contributed by atoms with E-state index >= 15 is 0 Å². The molecular formula is C14H21N3O2S. The number of hydrogen-bond acceptors (Lipinski definition) is 5. The second-order valence-electron chi connectivity index (χ2n) is 5.47. The molecular weight excluding hydrogens is 274 g/mol. The standard InChI is InChI=1S/C14H21N3O2S/c1-18-6-3-15-10-14(2-5-19-11-14)8-12-9-17-4-7-20-13(17)16-12/h4,7,9,15H,2-3,5-6,8,10-11H2,1H3. The Morgan fingerprint density at radius 2 is 2.55 bits per heavy atom. The van der Waals surface area contributed by atoms with Crippen molar-refractivity contribution in [1.29, 1.82) is 0 Å². The van der Waals surface area contributed by atoms with E-state index in [0.717, 1.165) is 56.4 Å². The van der Waals surface area contributed by atoms with Gasteiger partial charge in [-0.25, -0.2) is 4.98 Å². The summed E-state index contributed by atoms with van der Waals surface area (Å²) in [5, 5.41) is 5.54. The number of imidazole rings is 1. The minimum atomic E-state index is 0.178. The maximum Gasteiger partial charge on any atom is 0.193 e. The van der Waals surface area contributed by atoms with E-state index in [4.69, 9.17) is 14.5 Å². The number of hydrogen-bond donors (Lipinski definition) is 1. The van der Waals surface area contributed by atoms with Crippen LogP contribution in [0.25, 0.3) is 4.96 Å². The van der Waals surface area contributed by atoms with Gasteiger partial charge in [0.2, 0.25) is 0 Å². The van der Waals surface area contributed by atoms with Gasteiger partial charge in [0.05, 0.1) is 18.9 Å². The van der Waals surface area contributed by atoms with Gasteiger partial charge in [0.25, 0.3) is 0 Å². The van der Waals surface area contributed by atoms with Crippen molar-refractivity contribution in [3.05, 3.63) is 23.5 Å². The van der Waals surface area contributed by atoms with E-state index in [9.17, 15) is 0 Å². The van der Waals surface area contributed by atoms with Crippen LogP contribution in [0.5, 0.6) is 0 Å². The zero-order valence-electron chi connectivity index (χ0n) is 11.8. The van der Waals surface area contributed by atoms with Crippen molar-refractivity contribution in [2.24, 2.45) is 5.41 Å². The maximum absolute atomic E-state index is 5.64. The van der Waals surface area contributed by atoms with Crippen molar-refractivity contribution in [2.75, 3.05) is 40.0 Å². The van der Waals surface area contributed by atoms with Crippen molar-refractivity contribution in [2.45, 2.75) is 12.8 Å². The van der Waals surface area contributed by atoms with E-state index in [1.807, 2.05) is 0 Å². The molecule has 0 amide bonds. The molecule has 3 heterocycles. The molecule has 0 saturated carbocycles. The highest BCUT2D eigenvalue weighted by Crippen LogP contribution is 2.32. The highest BCUT2D eigenvalue weighted by Gasteiger charge is 2.35. The van der Waals surface area contributed by atoms with E-state index in [1.54, 1.807) is 18.4 Å². The van der Waals surface area contributed by atoms with E-state index in [0.29, 0.717) is 0 Å². The number of fused-ring (bicyclic) bond motifs is 1. The van der Waals surface area contributed by atoms with Crippen molar-refractivity contribution in [1.82, 2.24) is 14.7 Å². The Kier molecular flexibility index (Phi) is 4.35. The van der Waals surface area contributed by atoms with Crippen LogP contribution in [0, 0.1) is 5.41 Å². The van der Waals surface area contributed by atoms with Gasteiger partial charge in [0, 0.05) is 56.4 Å². The lowest BCUT2D eigenvalue weighted by Gasteiger charge is -2.27. The van der Waals surface area contributed by atoms with Gasteiger partial charge in [-0.15, -0.1) is 11.3 Å². The molecule has 3 rings (SSSR count). The molecule has 1 N–H and O–H groups in total. The predicted octanol–water partition coefficient (Wildman–Crippen LogP) is 1.58. The van der Waals surface area contributed by atoms with Crippen molar-refractivity contribution < 1.29 is 9.47 Å². The molecule has 0 radical (unpaired) electrons. The summed E-state index contributed by atoms with van der Waals surface area (Å²) in [4.78, 5) is 5.77. The van der Waals surface area contributed by atoms with E-state index in [2.05, 4.69) is 27.5 Å². The van der Waals surface area contributed by atoms with Crippen molar-refractivity contribution in [3.63, 3.8) is 0 Å². The van der Waals surface area contributed by atoms with Gasteiger partial charge in [-0.3, -0.25) is 4.40 Å². The van der Waals surface area contributed by atoms with Gasteiger partial charge in [-0.2, -0.15) is 0 Å². The molecule has 1 saturated heterocycles. The number of methoxy groups -OCH3 is 1. The lowest BCUT2D eigenvalue weighted by molar-refractivity contribution is 0.144. The smallest absolute Gasteiger partial charge is 0.193 e. The first kappa shape index (κ1) is 14.0. The molecule has 0 spiro atoms. The SMILES string of the molecule is COCCNCC1(Cc2cn3ccsc3n2)CCOC1. The van der Waals surface area contributed by atoms with Gasteiger partial charge in [-0.05, 0) is 6.42 Å². The molecule has 1 unspecified atom stereocenters. The molecule has 2 aromatic rings. The minimum Gasteiger partial charge on any atom is -0.383 e. The molecule has 110 valence electrons. The van der Waals surface area contributed by atoms with Gasteiger partial charge in [0.1, 0.15) is 0 Å². The third-order valence-electron chi connectivity index (χ3n) is 3.87. The molecule has 1 aliphatic heterocycles. The van der Waals surface area contributed by atoms with Gasteiger partial charge < -0.3 is 14.8 Å². The van der Waals surface area contributed by atoms with Gasteiger partial charge in [-0.1, -0.05) is 0 Å². The predicted molar refractivity (Wildman–Crippen MR) is 79.4 cm³/mol. The molecule has 0 aliphatic carbocycles. The van der Waals surface area contributed by atoms with Crippen molar-refractivity contribution in [3.8, 4) is 0 Å². The molecule has 6 heteroatoms. The van der Waals surface area contributed by atoms with Crippen molar-refractivity contribution >= 4 is 16.3 Å². The average molecular weight is 295 g/mol. The molecule has 5 nitrogen and oxygen atoms in total. The maximum atomic E-state index is 5.64. The Bertz CT molecular complexity index is 517. The number of aromatic nitrogens is 2. The highest BCUT2D eigenvalue weighted by atomic mass is 32.1. The Morgan fingerprint density at radius 1 is 1.60 bits per heavy atom. The van der Waals surface area contributed by atoms with E-state index < -0.39 is 0 Å². The number of rotatable bonds is 7. The fourth-order valence-corrected chi connectivity index (χ4v) is 3.48. The lowest BCUT2D eigenvalue weighted by atomic mass is 9.82. The largest absolute Gasteiger partial charge is 0.383 e. The van der Waals surface area contributed by atoms with Crippen LogP contribution in [0.15, 0.2) is 17.8 Å². The fourth-order valence-electron chi connectivity index (χ4n) is 2.76. The number of nitrogens with one attached hydrogen (secondary N) is 1. The Hall–Kier alpha value is -0.950. The second-order valence-corrected chi connectivity index (χ2v) is 6.35. The minimum absolute atomic E-state index is 0.178. The summed E-state index contributed by atoms with van der Waals surface area (Å²) in [6, 6.07) is 0. The van der Waals surface area contributed by atoms with Crippen LogP contribution < -0.4 is 5.32 Å². The van der Waals surface area contributed by atoms with Crippen LogP contribution in [-0.4, -0.2) is 49.4 Å². The third kappa shape index (κ3) is 3.03. The van der Waals surface area contributed by atoms with Gasteiger partial charge >= 0.3 is 0 Å². The molecule has 0 bridgehead atoms. The summed E-state index contributed by atoms with van der Waals surface area (Å²) < 4.78 is 12.8. The van der Waals surface area contributed by atoms with Crippen LogP contribution in [0.2, 0.25) is 0 Å². The van der Waals surface area contributed by atoms with Crippen LogP contribution in [0.1, 0.15) is 12.1 Å². The van der Waals surface area contributed by atoms with E-state index in [1.165, 1.54) is 0 Å². The summed E-state index contributed by atoms with van der Waals surface area (Å²) in [6.45, 7) is 4.27. The number of thiazole rings is 1. The number of ether oxygens (including phenoxy) is 2. The summed E-state index contributed by atoms with van der Waals surface area (Å²) in [7, 11) is 1.73. The summed E-state index contributed by atoms with van der Waals surface area (Å²) in [5.74, 6) is 0. The van der Waals surface area contributed by atoms with Crippen LogP contribution >= 0.6 is 11.3 Å². The second kappa shape index (κ2) is 6.22. The normalized spacial score (nSPS) is 22.9. The lowest BCUT2D eigenvalue weighted by Crippen LogP contribution is -2.38. The zero-order valence-corrected chi connectivity index (χ0v) is 12.6. The molecule has 20 heavy (non-hydrogen) atoms. The highest BCUT2D eigenvalue weighted by molar-refractivity contribution is 7.15. The Morgan fingerprint density at radius 3 is 3.30 bits per heavy atom. The first-order chi connectivity index (χ1) is 9.81. The van der Waals surface area contributed by atoms with Crippen LogP contribution in [-0.2, 0) is 15.9 Å². The third-order valence-corrected chi connectivity index (χ3v) is 4.64. The first-order valence-corrected chi connectivity index (χ1v) is 7.88. The summed E-state index contributed by atoms with van der Waals surface area (Å²) in [6.07, 6.45) is 6.27. The molecule has 1 aliphatic rings. The quantitative estimate of drug-likeness (QED) is 0.788. The Labute approximate surface area is 122 Å². The molecule has 2 aromatic heterocycles. The first-order valence-electron chi connectivity index (χ1n) is 7.00. The summed E-state index contributed by atoms with van der Waals surface area (Å²) in [5.41, 5.74) is 1.34. The van der Waals surface area contributed by atoms with Crippen LogP contribution in [0.4, 0.5) is 0 Å². The molecule has 0 aromatic carbocycles. The fraction of sp³-hybridized carbons (Fsp3) is 0.643. The summed E-state index contributed by atoms with van der Waals surface area (Å²) >= 11 is 1.68. The number of nitrogens with zero attached hydrogens (tertiary/aromatic N) is 2. The zero-order chi connectivity index (χ0) is 13.8. The molecule has 1 atom stereocenters. The topological polar surface area (TPSA) is 47.8 Å². The van der Waals surface area contributed by atoms with Gasteiger partial charge in [0.15, 0.2) is 4.96 Å². The van der Waals surface area contributed by atoms with Crippen LogP contribution in [0.3, 0.4) is 0 Å².